The van der Waals surface area contributed by atoms with E-state index < -0.39 is 224 Å². The molecule has 0 amide bonds. The van der Waals surface area contributed by atoms with Crippen molar-refractivity contribution in [2.24, 2.45) is 57.2 Å². The first kappa shape index (κ1) is 124. The molecule has 0 radical (unpaired) electrons. The van der Waals surface area contributed by atoms with Gasteiger partial charge in [-0.2, -0.15) is 17.6 Å². The van der Waals surface area contributed by atoms with E-state index in [0.717, 1.165) is 7.11 Å². The number of esters is 9. The van der Waals surface area contributed by atoms with Crippen LogP contribution in [0.1, 0.15) is 207 Å². The number of hydrogen-bond acceptors (Lipinski definition) is 37. The van der Waals surface area contributed by atoms with E-state index in [1.54, 1.807) is 55.4 Å². The van der Waals surface area contributed by atoms with Gasteiger partial charge in [-0.05, 0) is 95.0 Å². The van der Waals surface area contributed by atoms with Crippen LogP contribution < -0.4 is 34.7 Å². The van der Waals surface area contributed by atoms with Gasteiger partial charge in [0.1, 0.15) is 105 Å². The van der Waals surface area contributed by atoms with Crippen LogP contribution in [0.2, 0.25) is 0 Å². The minimum Gasteiger partial charge on any atom is -0.857 e. The third kappa shape index (κ3) is 37.7. The van der Waals surface area contributed by atoms with Crippen molar-refractivity contribution in [3.05, 3.63) is 12.2 Å². The Morgan fingerprint density at radius 2 is 0.653 bits per heavy atom. The maximum absolute atomic E-state index is 13.1. The second-order valence-corrected chi connectivity index (χ2v) is 45.0. The Labute approximate surface area is 762 Å². The number of aliphatic hydroxyl groups excluding tert-OH is 7. The summed E-state index contributed by atoms with van der Waals surface area (Å²) < 4.78 is 103. The van der Waals surface area contributed by atoms with Gasteiger partial charge in [0.25, 0.3) is 0 Å². The van der Waals surface area contributed by atoms with Gasteiger partial charge in [-0.1, -0.05) is 84.2 Å². The number of carbonyl (C=O) groups is 9. The molecule has 0 aliphatic carbocycles. The van der Waals surface area contributed by atoms with E-state index in [9.17, 15) is 89.4 Å². The fraction of sp³-hybridized carbons (Fsp3) is 0.841. The first-order valence-corrected chi connectivity index (χ1v) is 45.7. The molecule has 6 saturated heterocycles. The summed E-state index contributed by atoms with van der Waals surface area (Å²) in [5.41, 5.74) is -3.35. The van der Waals surface area contributed by atoms with Crippen LogP contribution in [0.25, 0.3) is 0 Å². The summed E-state index contributed by atoms with van der Waals surface area (Å²) in [6, 6.07) is 4.31. The van der Waals surface area contributed by atoms with Gasteiger partial charge in [-0.15, -0.1) is 26.8 Å². The SMILES string of the molecule is C.C.C.C=C(C)C(=O)OC[C@H]1O[C@H](O[C@H]2O[C@H](CC)[C@@H](C)[C@H](OC(C)=O)[C@H]2OC(C)=O)[C@H](C)[C@@H](C)[C@@H]1OC(C)=O.CC(C)(C#N)CC(C)(C)C(=O)OC[C@H]1O[C@H](O[C@H]2O[C@H](CO)[C@@H](O)[C@H](O)[C@H]2O)[C@H](O)[C@@H](O)[C@@H]1O.CC[C@H]1O[C@H](O[C@H]2O[C@H](COC(=O)C(C)(C)CC(C)(C)C#N)[C@@H](OC(C)=O)[C@H](C)[C@H]2C)[C@H](OC(C)=O)[C@@H](OC(C)=O)[C@@H]1C.C[O-].PP(P)P.[Na+]. The second-order valence-electron chi connectivity index (χ2n) is 33.3. The number of carbonyl (C=O) groups excluding carboxylic acids is 9. The molecule has 714 valence electrons. The van der Waals surface area contributed by atoms with E-state index in [2.05, 4.69) is 45.5 Å². The molecule has 0 bridgehead atoms. The van der Waals surface area contributed by atoms with Gasteiger partial charge >= 0.3 is 83.3 Å². The van der Waals surface area contributed by atoms with Gasteiger partial charge in [0.15, 0.2) is 37.4 Å². The Kier molecular flexibility index (Phi) is 56.7. The summed E-state index contributed by atoms with van der Waals surface area (Å²) in [5, 5.41) is 96.8. The quantitative estimate of drug-likeness (QED) is 0.0193. The molecular weight excluding hydrogens is 1720 g/mol. The molecule has 37 nitrogen and oxygen atoms in total. The number of rotatable bonds is 28. The third-order valence-corrected chi connectivity index (χ3v) is 20.8. The molecule has 6 aliphatic heterocycles. The molecule has 0 spiro atoms. The monoisotopic (exact) mass is 1860 g/mol. The normalized spacial score (nSPS) is 33.2. The number of ether oxygens (including phenoxy) is 18. The van der Waals surface area contributed by atoms with Crippen LogP contribution in [0.3, 0.4) is 0 Å². The third-order valence-electron chi connectivity index (χ3n) is 20.8. The zero-order valence-electron chi connectivity index (χ0n) is 74.3. The molecule has 6 heterocycles. The van der Waals surface area contributed by atoms with Gasteiger partial charge < -0.3 is 126 Å². The van der Waals surface area contributed by atoms with E-state index in [4.69, 9.17) is 90.4 Å². The zero-order valence-corrected chi connectivity index (χ0v) is 80.7. The molecule has 0 aromatic heterocycles. The maximum Gasteiger partial charge on any atom is 1.00 e. The number of aliphatic hydroxyl groups is 7. The van der Waals surface area contributed by atoms with Crippen molar-refractivity contribution in [1.29, 1.82) is 10.5 Å². The fourth-order valence-electron chi connectivity index (χ4n) is 14.6. The van der Waals surface area contributed by atoms with Crippen LogP contribution in [0.4, 0.5) is 0 Å². The predicted octanol–water partition coefficient (Wildman–Crippen LogP) is 3.61. The van der Waals surface area contributed by atoms with E-state index in [1.807, 2.05) is 55.4 Å². The van der Waals surface area contributed by atoms with Crippen LogP contribution in [0, 0.1) is 79.8 Å². The summed E-state index contributed by atoms with van der Waals surface area (Å²) in [4.78, 5) is 109. The van der Waals surface area contributed by atoms with Crippen LogP contribution in [-0.2, 0) is 128 Å². The average molecular weight is 1870 g/mol. The van der Waals surface area contributed by atoms with Gasteiger partial charge in [-0.25, -0.2) is 4.79 Å². The van der Waals surface area contributed by atoms with Crippen LogP contribution >= 0.6 is 33.8 Å². The van der Waals surface area contributed by atoms with Gasteiger partial charge in [0.05, 0.1) is 52.6 Å². The van der Waals surface area contributed by atoms with Crippen LogP contribution in [0.5, 0.6) is 0 Å². The molecule has 33 atom stereocenters. The average Bonchev–Trinajstić information content (AvgIpc) is 0.787. The Balaban J connectivity index is -0.00000170. The predicted molar refractivity (Wildman–Crippen MR) is 453 cm³/mol. The standard InChI is InChI=1S/C31H49NO11.C26H40O11.C21H35NO12.CH3O.3CH4.Na.H6P4/c1-12-22-18(4)25(39-20(6)34)26(40-21(7)35)28(41-22)43-27-17(3)16(2)24(38-19(5)33)23(42-27)13-37-29(36)31(10,11)14-30(8,9)15-32;1-10-19-15(6)22(33-17(8)28)23(34-18(9)29)26(35-19)37-25-14(5)13(4)21(32-16(7)27)20(36-25)11-31-24(30)12(2)3;1-20(2,8-22)7-21(3,4)19(30)31-6-10-12(25)14(27)16(29)18(33-10)34-17-15(28)13(26)11(24)9(5-23)32-17;1-2;;;;;1-4(2)3/h16-18,22-28H,12-14H2,1-11H3;13-15,19-23,25-26H,2,10-11H2,1,3-9H3;9-18,23-29H,5-7H2,1-4H3;1H3;3*1H4;;1-3H2/q;;;-1;;;;+1;/t16-,17-,18-,22-,23-,24+,25+,26-,27-,28-;13-,14-,15-,19-,20-,21+,22+,23-,25-,26-;9-,10-,11-,12-,13+,14+,15-,16-,17-,18-;;;;;;/m111....../s1. The van der Waals surface area contributed by atoms with E-state index in [-0.39, 0.29) is 138 Å². The molecular formula is C82H145N2NaO35P4. The molecule has 3 unspecified atom stereocenters. The van der Waals surface area contributed by atoms with Crippen molar-refractivity contribution in [1.82, 2.24) is 0 Å². The van der Waals surface area contributed by atoms with Crippen molar-refractivity contribution in [2.45, 2.75) is 355 Å². The molecule has 42 heteroatoms. The number of hydrogen-bond donors (Lipinski definition) is 7. The minimum absolute atomic E-state index is 0. The van der Waals surface area contributed by atoms with Gasteiger partial charge in [0, 0.05) is 82.6 Å². The first-order chi connectivity index (χ1) is 55.5. The molecule has 6 aliphatic rings. The van der Waals surface area contributed by atoms with Gasteiger partial charge in [0.2, 0.25) is 12.6 Å². The number of nitrogens with zero attached hydrogens (tertiary/aromatic N) is 2. The summed E-state index contributed by atoms with van der Waals surface area (Å²) in [6.45, 7) is 39.6. The summed E-state index contributed by atoms with van der Waals surface area (Å²) in [5.74, 6) is -6.90. The maximum atomic E-state index is 13.1. The zero-order chi connectivity index (χ0) is 92.5. The van der Waals surface area contributed by atoms with Gasteiger partial charge in [-0.3, -0.25) is 38.4 Å². The van der Waals surface area contributed by atoms with Crippen molar-refractivity contribution in [2.75, 3.05) is 33.5 Å². The molecule has 0 saturated carbocycles. The second kappa shape index (κ2) is 56.7. The van der Waals surface area contributed by atoms with Crippen molar-refractivity contribution in [3.63, 3.8) is 0 Å². The fourth-order valence-corrected chi connectivity index (χ4v) is 14.6. The van der Waals surface area contributed by atoms with Crippen LogP contribution in [0.15, 0.2) is 12.2 Å². The minimum atomic E-state index is -1.82. The molecule has 0 aromatic rings. The largest absolute Gasteiger partial charge is 1.00 e. The first-order valence-electron chi connectivity index (χ1n) is 39.5. The molecule has 0 aromatic carbocycles. The molecule has 7 N–H and O–H groups in total. The van der Waals surface area contributed by atoms with E-state index >= 15 is 0 Å². The molecule has 6 rings (SSSR count). The van der Waals surface area contributed by atoms with Crippen molar-refractivity contribution in [3.8, 4) is 12.1 Å². The number of nitriles is 2. The topological polar surface area (TPSA) is 532 Å². The Bertz CT molecular complexity index is 3400. The molecule has 124 heavy (non-hydrogen) atoms. The van der Waals surface area contributed by atoms with Crippen molar-refractivity contribution >= 4 is 87.5 Å². The summed E-state index contributed by atoms with van der Waals surface area (Å²) in [7, 11) is 8.69. The summed E-state index contributed by atoms with van der Waals surface area (Å²) >= 11 is 0. The molecule has 6 fully saturated rings. The van der Waals surface area contributed by atoms with Crippen molar-refractivity contribution < 1.29 is 199 Å². The van der Waals surface area contributed by atoms with E-state index in [1.165, 1.54) is 48.5 Å². The Morgan fingerprint density at radius 3 is 0.944 bits per heavy atom. The van der Waals surface area contributed by atoms with Crippen LogP contribution in [-0.4, -0.2) is 271 Å². The van der Waals surface area contributed by atoms with E-state index in [0.29, 0.717) is 12.8 Å². The summed E-state index contributed by atoms with van der Waals surface area (Å²) in [6.07, 6.45) is -26.6. The smallest absolute Gasteiger partial charge is 0.857 e. The Hall–Kier alpha value is -4.01. The Morgan fingerprint density at radius 1 is 0.395 bits per heavy atom.